The highest BCUT2D eigenvalue weighted by Gasteiger charge is 1.96. The molecule has 1 aromatic carbocycles. The van der Waals surface area contributed by atoms with Crippen molar-refractivity contribution in [3.05, 3.63) is 65.8 Å². The van der Waals surface area contributed by atoms with E-state index in [4.69, 9.17) is 6.42 Å². The summed E-state index contributed by atoms with van der Waals surface area (Å²) >= 11 is 0. The Morgan fingerprint density at radius 3 is 2.24 bits per heavy atom. The van der Waals surface area contributed by atoms with Crippen LogP contribution in [0.2, 0.25) is 0 Å². The minimum atomic E-state index is 0.585. The van der Waals surface area contributed by atoms with E-state index in [1.54, 1.807) is 6.08 Å². The maximum atomic E-state index is 5.08. The van der Waals surface area contributed by atoms with Gasteiger partial charge in [-0.05, 0) is 23.1 Å². The van der Waals surface area contributed by atoms with Crippen molar-refractivity contribution >= 4 is 6.08 Å². The smallest absolute Gasteiger partial charge is 0.0122 e. The van der Waals surface area contributed by atoms with Gasteiger partial charge in [0, 0.05) is 0 Å². The first kappa shape index (κ1) is 13.1. The zero-order valence-corrected chi connectivity index (χ0v) is 10.4. The monoisotopic (exact) mass is 222 g/mol. The third kappa shape index (κ3) is 5.04. The van der Waals surface area contributed by atoms with E-state index < -0.39 is 0 Å². The van der Waals surface area contributed by atoms with Crippen molar-refractivity contribution < 1.29 is 0 Å². The molecule has 0 spiro atoms. The summed E-state index contributed by atoms with van der Waals surface area (Å²) in [5.41, 5.74) is 2.58. The number of rotatable bonds is 4. The average molecular weight is 222 g/mol. The molecule has 0 amide bonds. The lowest BCUT2D eigenvalue weighted by atomic mass is 10.0. The molecule has 0 aliphatic heterocycles. The predicted molar refractivity (Wildman–Crippen MR) is 76.7 cm³/mol. The quantitative estimate of drug-likeness (QED) is 0.517. The molecule has 0 radical (unpaired) electrons. The van der Waals surface area contributed by atoms with Gasteiger partial charge in [0.25, 0.3) is 0 Å². The molecule has 0 heteroatoms. The van der Waals surface area contributed by atoms with E-state index >= 15 is 0 Å². The van der Waals surface area contributed by atoms with Gasteiger partial charge in [-0.2, -0.15) is 0 Å². The molecule has 0 saturated carbocycles. The summed E-state index contributed by atoms with van der Waals surface area (Å²) in [5.74, 6) is 3.02. The Kier molecular flexibility index (Phi) is 5.61. The minimum Gasteiger partial charge on any atom is -0.115 e. The summed E-state index contributed by atoms with van der Waals surface area (Å²) in [7, 11) is 0. The van der Waals surface area contributed by atoms with Crippen LogP contribution in [-0.2, 0) is 0 Å². The Hall–Kier alpha value is -2.00. The van der Waals surface area contributed by atoms with Crippen molar-refractivity contribution in [2.45, 2.75) is 19.8 Å². The van der Waals surface area contributed by atoms with E-state index in [1.165, 1.54) is 11.1 Å². The number of hydrogen-bond acceptors (Lipinski definition) is 0. The summed E-state index contributed by atoms with van der Waals surface area (Å²) in [6.45, 7) is 4.40. The number of terminal acetylenes is 1. The Balaban J connectivity index is 2.58. The molecular formula is C17H18. The van der Waals surface area contributed by atoms with Gasteiger partial charge in [-0.25, -0.2) is 0 Å². The molecular weight excluding hydrogens is 204 g/mol. The van der Waals surface area contributed by atoms with Crippen LogP contribution in [0, 0.1) is 12.3 Å². The minimum absolute atomic E-state index is 0.585. The third-order valence-electron chi connectivity index (χ3n) is 2.42. The van der Waals surface area contributed by atoms with Gasteiger partial charge in [0.05, 0.1) is 0 Å². The third-order valence-corrected chi connectivity index (χ3v) is 2.42. The van der Waals surface area contributed by atoms with Crippen LogP contribution in [0.25, 0.3) is 6.08 Å². The molecule has 1 rings (SSSR count). The van der Waals surface area contributed by atoms with E-state index in [2.05, 4.69) is 50.1 Å². The second kappa shape index (κ2) is 7.30. The van der Waals surface area contributed by atoms with Gasteiger partial charge in [-0.1, -0.05) is 74.4 Å². The second-order valence-electron chi connectivity index (χ2n) is 4.09. The lowest BCUT2D eigenvalue weighted by molar-refractivity contribution is 0.866. The highest BCUT2D eigenvalue weighted by molar-refractivity contribution is 5.51. The van der Waals surface area contributed by atoms with E-state index in [0.29, 0.717) is 5.92 Å². The van der Waals surface area contributed by atoms with Gasteiger partial charge in [-0.15, -0.1) is 6.42 Å². The van der Waals surface area contributed by atoms with Crippen LogP contribution < -0.4 is 0 Å². The van der Waals surface area contributed by atoms with Crippen LogP contribution in [0.1, 0.15) is 30.9 Å². The van der Waals surface area contributed by atoms with E-state index in [-0.39, 0.29) is 0 Å². The van der Waals surface area contributed by atoms with E-state index in [9.17, 15) is 0 Å². The number of allylic oxidation sites excluding steroid dienone is 5. The summed E-state index contributed by atoms with van der Waals surface area (Å²) < 4.78 is 0. The van der Waals surface area contributed by atoms with Crippen LogP contribution in [-0.4, -0.2) is 0 Å². The molecule has 0 atom stereocenters. The normalized spacial score (nSPS) is 11.9. The molecule has 0 aliphatic carbocycles. The molecule has 1 aromatic rings. The molecule has 0 aromatic heterocycles. The topological polar surface area (TPSA) is 0 Å². The highest BCUT2D eigenvalue weighted by atomic mass is 14.0. The fourth-order valence-electron chi connectivity index (χ4n) is 1.40. The summed E-state index contributed by atoms with van der Waals surface area (Å²) in [6, 6.07) is 8.62. The van der Waals surface area contributed by atoms with Crippen LogP contribution in [0.4, 0.5) is 0 Å². The van der Waals surface area contributed by atoms with Crippen LogP contribution in [0.15, 0.2) is 54.6 Å². The van der Waals surface area contributed by atoms with E-state index in [0.717, 1.165) is 0 Å². The van der Waals surface area contributed by atoms with Gasteiger partial charge in [0.2, 0.25) is 0 Å². The molecule has 0 heterocycles. The average Bonchev–Trinajstić information content (AvgIpc) is 2.34. The van der Waals surface area contributed by atoms with Crippen molar-refractivity contribution in [1.29, 1.82) is 0 Å². The van der Waals surface area contributed by atoms with Crippen LogP contribution >= 0.6 is 0 Å². The number of benzene rings is 1. The highest BCUT2D eigenvalue weighted by Crippen LogP contribution is 2.15. The summed E-state index contributed by atoms with van der Waals surface area (Å²) in [4.78, 5) is 0. The fraction of sp³-hybridized carbons (Fsp3) is 0.176. The Morgan fingerprint density at radius 1 is 1.00 bits per heavy atom. The van der Waals surface area contributed by atoms with Crippen molar-refractivity contribution in [3.8, 4) is 12.3 Å². The Morgan fingerprint density at radius 2 is 1.65 bits per heavy atom. The molecule has 17 heavy (non-hydrogen) atoms. The molecule has 86 valence electrons. The summed E-state index contributed by atoms with van der Waals surface area (Å²) in [5, 5.41) is 0. The lowest BCUT2D eigenvalue weighted by Crippen LogP contribution is -1.85. The van der Waals surface area contributed by atoms with Crippen molar-refractivity contribution in [1.82, 2.24) is 0 Å². The first-order chi connectivity index (χ1) is 8.24. The molecule has 0 saturated heterocycles. The Bertz CT molecular complexity index is 448. The van der Waals surface area contributed by atoms with Crippen molar-refractivity contribution in [3.63, 3.8) is 0 Å². The molecule has 0 N–H and O–H groups in total. The molecule has 0 fully saturated rings. The van der Waals surface area contributed by atoms with Gasteiger partial charge in [0.15, 0.2) is 0 Å². The van der Waals surface area contributed by atoms with E-state index in [1.807, 2.05) is 24.3 Å². The maximum absolute atomic E-state index is 5.08. The fourth-order valence-corrected chi connectivity index (χ4v) is 1.40. The largest absolute Gasteiger partial charge is 0.115 e. The SMILES string of the molecule is C#C/C=C/C=C/C=C/c1ccc(C(C)C)cc1. The van der Waals surface area contributed by atoms with Crippen LogP contribution in [0.3, 0.4) is 0 Å². The standard InChI is InChI=1S/C17H18/c1-4-5-6-7-8-9-10-16-11-13-17(14-12-16)15(2)3/h1,5-15H,2-3H3/b6-5+,8-7+,10-9+. The van der Waals surface area contributed by atoms with Crippen LogP contribution in [0.5, 0.6) is 0 Å². The first-order valence-corrected chi connectivity index (χ1v) is 5.80. The zero-order valence-electron chi connectivity index (χ0n) is 10.4. The van der Waals surface area contributed by atoms with Crippen molar-refractivity contribution in [2.75, 3.05) is 0 Å². The van der Waals surface area contributed by atoms with Gasteiger partial charge >= 0.3 is 0 Å². The van der Waals surface area contributed by atoms with Crippen molar-refractivity contribution in [2.24, 2.45) is 0 Å². The predicted octanol–water partition coefficient (Wildman–Crippen LogP) is 4.57. The first-order valence-electron chi connectivity index (χ1n) is 5.80. The second-order valence-corrected chi connectivity index (χ2v) is 4.09. The van der Waals surface area contributed by atoms with Gasteiger partial charge < -0.3 is 0 Å². The number of hydrogen-bond donors (Lipinski definition) is 0. The molecule has 0 aliphatic rings. The summed E-state index contributed by atoms with van der Waals surface area (Å²) in [6.07, 6.45) is 16.5. The molecule has 0 bridgehead atoms. The maximum Gasteiger partial charge on any atom is -0.0122 e. The molecule has 0 nitrogen and oxygen atoms in total. The Labute approximate surface area is 104 Å². The molecule has 0 unspecified atom stereocenters. The van der Waals surface area contributed by atoms with Gasteiger partial charge in [0.1, 0.15) is 0 Å². The van der Waals surface area contributed by atoms with Gasteiger partial charge in [-0.3, -0.25) is 0 Å². The zero-order chi connectivity index (χ0) is 12.5. The lowest BCUT2D eigenvalue weighted by Gasteiger charge is -2.04.